The van der Waals surface area contributed by atoms with Gasteiger partial charge in [0.2, 0.25) is 15.9 Å². The standard InChI is InChI=1S/C17H18BrN3O4S/c18-14-6-4-13(5-7-14)17(23)20-9-8-16(22)21-15-3-1-2-12(10-15)11-26(19,24)25/h1-7,10H,8-9,11H2,(H,20,23)(H,21,22)(H2,19,24,25). The number of primary sulfonamides is 1. The molecule has 0 radical (unpaired) electrons. The molecule has 0 unspecified atom stereocenters. The number of nitrogens with one attached hydrogen (secondary N) is 2. The van der Waals surface area contributed by atoms with Gasteiger partial charge in [0.05, 0.1) is 5.75 Å². The lowest BCUT2D eigenvalue weighted by atomic mass is 10.2. The van der Waals surface area contributed by atoms with Crippen LogP contribution in [0.3, 0.4) is 0 Å². The summed E-state index contributed by atoms with van der Waals surface area (Å²) in [7, 11) is -3.64. The smallest absolute Gasteiger partial charge is 0.251 e. The third-order valence-electron chi connectivity index (χ3n) is 3.32. The van der Waals surface area contributed by atoms with E-state index in [1.54, 1.807) is 48.5 Å². The Morgan fingerprint density at radius 1 is 1.08 bits per heavy atom. The lowest BCUT2D eigenvalue weighted by Crippen LogP contribution is -2.27. The van der Waals surface area contributed by atoms with E-state index in [0.29, 0.717) is 16.8 Å². The molecular formula is C17H18BrN3O4S. The summed E-state index contributed by atoms with van der Waals surface area (Å²) in [5.41, 5.74) is 1.45. The van der Waals surface area contributed by atoms with Gasteiger partial charge in [-0.2, -0.15) is 0 Å². The Balaban J connectivity index is 1.82. The largest absolute Gasteiger partial charge is 0.352 e. The fraction of sp³-hybridized carbons (Fsp3) is 0.176. The molecule has 0 fully saturated rings. The molecule has 0 aliphatic carbocycles. The van der Waals surface area contributed by atoms with Gasteiger partial charge in [-0.3, -0.25) is 9.59 Å². The van der Waals surface area contributed by atoms with Crippen LogP contribution < -0.4 is 15.8 Å². The summed E-state index contributed by atoms with van der Waals surface area (Å²) in [6.07, 6.45) is 0.0850. The zero-order valence-electron chi connectivity index (χ0n) is 13.7. The Bertz CT molecular complexity index is 898. The molecule has 0 saturated heterocycles. The Morgan fingerprint density at radius 2 is 1.77 bits per heavy atom. The van der Waals surface area contributed by atoms with Crippen LogP contribution in [0.25, 0.3) is 0 Å². The van der Waals surface area contributed by atoms with Gasteiger partial charge in [0.15, 0.2) is 0 Å². The SMILES string of the molecule is NS(=O)(=O)Cc1cccc(NC(=O)CCNC(=O)c2ccc(Br)cc2)c1. The first-order chi connectivity index (χ1) is 12.2. The molecule has 0 atom stereocenters. The van der Waals surface area contributed by atoms with Crippen LogP contribution in [0.2, 0.25) is 0 Å². The summed E-state index contributed by atoms with van der Waals surface area (Å²) >= 11 is 3.29. The number of nitrogens with two attached hydrogens (primary N) is 1. The number of hydrogen-bond donors (Lipinski definition) is 3. The van der Waals surface area contributed by atoms with Crippen LogP contribution in [0.5, 0.6) is 0 Å². The predicted octanol–water partition coefficient (Wildman–Crippen LogP) is 2.00. The van der Waals surface area contributed by atoms with Gasteiger partial charge in [0, 0.05) is 28.7 Å². The number of hydrogen-bond acceptors (Lipinski definition) is 4. The van der Waals surface area contributed by atoms with Gasteiger partial charge in [0.25, 0.3) is 5.91 Å². The Hall–Kier alpha value is -2.23. The highest BCUT2D eigenvalue weighted by Crippen LogP contribution is 2.13. The molecule has 0 saturated carbocycles. The summed E-state index contributed by atoms with van der Waals surface area (Å²) < 4.78 is 23.1. The Labute approximate surface area is 160 Å². The maximum atomic E-state index is 12.0. The lowest BCUT2D eigenvalue weighted by Gasteiger charge is -2.08. The number of carbonyl (C=O) groups excluding carboxylic acids is 2. The van der Waals surface area contributed by atoms with Gasteiger partial charge in [-0.15, -0.1) is 0 Å². The van der Waals surface area contributed by atoms with Gasteiger partial charge in [0.1, 0.15) is 0 Å². The Kier molecular flexibility index (Phi) is 6.90. The van der Waals surface area contributed by atoms with E-state index in [4.69, 9.17) is 5.14 Å². The fourth-order valence-corrected chi connectivity index (χ4v) is 3.10. The summed E-state index contributed by atoms with van der Waals surface area (Å²) in [5.74, 6) is -0.866. The number of carbonyl (C=O) groups is 2. The van der Waals surface area contributed by atoms with Crippen molar-refractivity contribution in [3.8, 4) is 0 Å². The van der Waals surface area contributed by atoms with E-state index in [-0.39, 0.29) is 30.5 Å². The molecule has 0 bridgehead atoms. The van der Waals surface area contributed by atoms with Crippen LogP contribution in [-0.4, -0.2) is 26.8 Å². The normalized spacial score (nSPS) is 11.0. The molecule has 0 aliphatic heterocycles. The van der Waals surface area contributed by atoms with Crippen molar-refractivity contribution >= 4 is 43.5 Å². The highest BCUT2D eigenvalue weighted by atomic mass is 79.9. The van der Waals surface area contributed by atoms with Gasteiger partial charge >= 0.3 is 0 Å². The zero-order valence-corrected chi connectivity index (χ0v) is 16.1. The number of halogens is 1. The lowest BCUT2D eigenvalue weighted by molar-refractivity contribution is -0.116. The molecular weight excluding hydrogens is 422 g/mol. The van der Waals surface area contributed by atoms with E-state index in [0.717, 1.165) is 4.47 Å². The van der Waals surface area contributed by atoms with E-state index < -0.39 is 10.0 Å². The van der Waals surface area contributed by atoms with Crippen molar-refractivity contribution in [3.63, 3.8) is 0 Å². The highest BCUT2D eigenvalue weighted by Gasteiger charge is 2.09. The average Bonchev–Trinajstić information content (AvgIpc) is 2.54. The van der Waals surface area contributed by atoms with Gasteiger partial charge in [-0.05, 0) is 42.0 Å². The van der Waals surface area contributed by atoms with Crippen molar-refractivity contribution in [2.45, 2.75) is 12.2 Å². The third-order valence-corrected chi connectivity index (χ3v) is 4.59. The second-order valence-electron chi connectivity index (χ2n) is 5.57. The summed E-state index contributed by atoms with van der Waals surface area (Å²) in [5, 5.41) is 10.3. The molecule has 0 spiro atoms. The quantitative estimate of drug-likeness (QED) is 0.610. The van der Waals surface area contributed by atoms with Crippen molar-refractivity contribution in [2.24, 2.45) is 5.14 Å². The molecule has 2 aromatic rings. The van der Waals surface area contributed by atoms with Gasteiger partial charge in [-0.1, -0.05) is 28.1 Å². The van der Waals surface area contributed by atoms with Crippen LogP contribution in [0, 0.1) is 0 Å². The molecule has 2 amide bonds. The van der Waals surface area contributed by atoms with Crippen LogP contribution in [0.15, 0.2) is 53.0 Å². The molecule has 0 heterocycles. The van der Waals surface area contributed by atoms with Crippen molar-refractivity contribution in [1.29, 1.82) is 0 Å². The molecule has 138 valence electrons. The number of sulfonamides is 1. The van der Waals surface area contributed by atoms with E-state index in [9.17, 15) is 18.0 Å². The minimum absolute atomic E-state index is 0.0850. The zero-order chi connectivity index (χ0) is 19.2. The topological polar surface area (TPSA) is 118 Å². The first-order valence-corrected chi connectivity index (χ1v) is 10.2. The molecule has 2 rings (SSSR count). The molecule has 4 N–H and O–H groups in total. The van der Waals surface area contributed by atoms with E-state index in [1.165, 1.54) is 0 Å². The molecule has 7 nitrogen and oxygen atoms in total. The summed E-state index contributed by atoms with van der Waals surface area (Å²) in [4.78, 5) is 23.9. The van der Waals surface area contributed by atoms with E-state index in [2.05, 4.69) is 26.6 Å². The number of benzene rings is 2. The number of rotatable bonds is 7. The Morgan fingerprint density at radius 3 is 2.42 bits per heavy atom. The predicted molar refractivity (Wildman–Crippen MR) is 103 cm³/mol. The van der Waals surface area contributed by atoms with Gasteiger partial charge in [-0.25, -0.2) is 13.6 Å². The summed E-state index contributed by atoms with van der Waals surface area (Å²) in [6, 6.07) is 13.3. The van der Waals surface area contributed by atoms with E-state index in [1.807, 2.05) is 0 Å². The van der Waals surface area contributed by atoms with E-state index >= 15 is 0 Å². The maximum absolute atomic E-state index is 12.0. The fourth-order valence-electron chi connectivity index (χ4n) is 2.19. The van der Waals surface area contributed by atoms with Crippen LogP contribution in [0.4, 0.5) is 5.69 Å². The molecule has 2 aromatic carbocycles. The molecule has 26 heavy (non-hydrogen) atoms. The molecule has 9 heteroatoms. The molecule has 0 aliphatic rings. The highest BCUT2D eigenvalue weighted by molar-refractivity contribution is 9.10. The first-order valence-electron chi connectivity index (χ1n) is 7.66. The minimum atomic E-state index is -3.64. The van der Waals surface area contributed by atoms with Gasteiger partial charge < -0.3 is 10.6 Å². The first kappa shape index (κ1) is 20.1. The average molecular weight is 440 g/mol. The summed E-state index contributed by atoms with van der Waals surface area (Å²) in [6.45, 7) is 0.178. The van der Waals surface area contributed by atoms with Crippen LogP contribution in [0.1, 0.15) is 22.3 Å². The second-order valence-corrected chi connectivity index (χ2v) is 8.10. The minimum Gasteiger partial charge on any atom is -0.352 e. The van der Waals surface area contributed by atoms with Crippen molar-refractivity contribution in [1.82, 2.24) is 5.32 Å². The monoisotopic (exact) mass is 439 g/mol. The van der Waals surface area contributed by atoms with Crippen molar-refractivity contribution in [2.75, 3.05) is 11.9 Å². The number of anilines is 1. The van der Waals surface area contributed by atoms with Crippen molar-refractivity contribution in [3.05, 3.63) is 64.1 Å². The van der Waals surface area contributed by atoms with Crippen molar-refractivity contribution < 1.29 is 18.0 Å². The molecule has 0 aromatic heterocycles. The van der Waals surface area contributed by atoms with Crippen LogP contribution in [-0.2, 0) is 20.6 Å². The number of amides is 2. The maximum Gasteiger partial charge on any atom is 0.251 e. The second kappa shape index (κ2) is 8.93. The third kappa shape index (κ3) is 6.95. The van der Waals surface area contributed by atoms with Crippen LogP contribution >= 0.6 is 15.9 Å².